The Morgan fingerprint density at radius 1 is 1.17 bits per heavy atom. The lowest BCUT2D eigenvalue weighted by molar-refractivity contribution is -0.144. The maximum absolute atomic E-state index is 12.2. The molecular weight excluding hydrogens is 226 g/mol. The van der Waals surface area contributed by atoms with E-state index in [4.69, 9.17) is 0 Å². The van der Waals surface area contributed by atoms with Crippen molar-refractivity contribution in [1.82, 2.24) is 15.1 Å². The Kier molecular flexibility index (Phi) is 3.57. The Morgan fingerprint density at radius 3 is 2.72 bits per heavy atom. The van der Waals surface area contributed by atoms with Crippen molar-refractivity contribution in [2.45, 2.75) is 44.2 Å². The lowest BCUT2D eigenvalue weighted by Crippen LogP contribution is -2.68. The average Bonchev–Trinajstić information content (AvgIpc) is 2.39. The van der Waals surface area contributed by atoms with Crippen LogP contribution < -0.4 is 5.32 Å². The number of fused-ring (bicyclic) bond motifs is 1. The van der Waals surface area contributed by atoms with Gasteiger partial charge in [0.15, 0.2) is 0 Å². The molecule has 3 rings (SSSR count). The van der Waals surface area contributed by atoms with Crippen LogP contribution in [0.1, 0.15) is 32.1 Å². The second kappa shape index (κ2) is 5.17. The van der Waals surface area contributed by atoms with Crippen LogP contribution in [-0.2, 0) is 4.79 Å². The molecule has 4 heteroatoms. The highest BCUT2D eigenvalue weighted by Gasteiger charge is 2.41. The standard InChI is InChI=1S/C14H25N3O/c1-16-9-12-7-15-8-14(18)17(12)13(10-16)11-5-3-2-4-6-11/h11-13,15H,2-10H2,1H3. The summed E-state index contributed by atoms with van der Waals surface area (Å²) in [4.78, 5) is 16.9. The highest BCUT2D eigenvalue weighted by Crippen LogP contribution is 2.32. The van der Waals surface area contributed by atoms with Gasteiger partial charge in [0.2, 0.25) is 5.91 Å². The van der Waals surface area contributed by atoms with Gasteiger partial charge < -0.3 is 15.1 Å². The molecular formula is C14H25N3O. The first kappa shape index (κ1) is 12.4. The molecule has 0 aromatic carbocycles. The highest BCUT2D eigenvalue weighted by atomic mass is 16.2. The van der Waals surface area contributed by atoms with Gasteiger partial charge in [0.05, 0.1) is 12.6 Å². The molecule has 0 radical (unpaired) electrons. The largest absolute Gasteiger partial charge is 0.331 e. The minimum absolute atomic E-state index is 0.329. The van der Waals surface area contributed by atoms with Crippen molar-refractivity contribution >= 4 is 5.91 Å². The number of piperazine rings is 2. The third kappa shape index (κ3) is 2.28. The van der Waals surface area contributed by atoms with Crippen molar-refractivity contribution in [2.24, 2.45) is 5.92 Å². The van der Waals surface area contributed by atoms with Crippen LogP contribution >= 0.6 is 0 Å². The van der Waals surface area contributed by atoms with E-state index in [1.54, 1.807) is 0 Å². The van der Waals surface area contributed by atoms with Crippen molar-refractivity contribution in [3.63, 3.8) is 0 Å². The van der Waals surface area contributed by atoms with Crippen LogP contribution in [0.2, 0.25) is 0 Å². The number of rotatable bonds is 1. The van der Waals surface area contributed by atoms with E-state index < -0.39 is 0 Å². The first-order valence-electron chi connectivity index (χ1n) is 7.46. The van der Waals surface area contributed by atoms with Gasteiger partial charge >= 0.3 is 0 Å². The van der Waals surface area contributed by atoms with Gasteiger partial charge in [-0.15, -0.1) is 0 Å². The zero-order valence-electron chi connectivity index (χ0n) is 11.4. The van der Waals surface area contributed by atoms with E-state index in [9.17, 15) is 4.79 Å². The average molecular weight is 251 g/mol. The van der Waals surface area contributed by atoms with Gasteiger partial charge in [-0.1, -0.05) is 19.3 Å². The Morgan fingerprint density at radius 2 is 1.94 bits per heavy atom. The summed E-state index contributed by atoms with van der Waals surface area (Å²) >= 11 is 0. The summed E-state index contributed by atoms with van der Waals surface area (Å²) in [6, 6.07) is 0.876. The van der Waals surface area contributed by atoms with E-state index in [2.05, 4.69) is 22.2 Å². The fraction of sp³-hybridized carbons (Fsp3) is 0.929. The number of amides is 1. The predicted octanol–water partition coefficient (Wildman–Crippen LogP) is 0.681. The van der Waals surface area contributed by atoms with Crippen LogP contribution in [0.4, 0.5) is 0 Å². The molecule has 102 valence electrons. The van der Waals surface area contributed by atoms with Crippen LogP contribution in [0, 0.1) is 5.92 Å². The third-order valence-electron chi connectivity index (χ3n) is 4.91. The third-order valence-corrected chi connectivity index (χ3v) is 4.91. The Balaban J connectivity index is 1.78. The van der Waals surface area contributed by atoms with E-state index in [1.807, 2.05) is 0 Å². The van der Waals surface area contributed by atoms with Crippen LogP contribution in [0.15, 0.2) is 0 Å². The fourth-order valence-corrected chi connectivity index (χ4v) is 4.08. The van der Waals surface area contributed by atoms with Crippen molar-refractivity contribution in [3.05, 3.63) is 0 Å². The zero-order chi connectivity index (χ0) is 12.5. The molecule has 0 aromatic rings. The normalized spacial score (nSPS) is 35.6. The van der Waals surface area contributed by atoms with E-state index in [0.717, 1.165) is 25.6 Å². The smallest absolute Gasteiger partial charge is 0.237 e. The van der Waals surface area contributed by atoms with Crippen molar-refractivity contribution < 1.29 is 4.79 Å². The van der Waals surface area contributed by atoms with Crippen LogP contribution in [0.5, 0.6) is 0 Å². The molecule has 2 atom stereocenters. The molecule has 2 unspecified atom stereocenters. The van der Waals surface area contributed by atoms with Crippen LogP contribution in [0.25, 0.3) is 0 Å². The van der Waals surface area contributed by atoms with E-state index >= 15 is 0 Å². The van der Waals surface area contributed by atoms with Gasteiger partial charge in [-0.25, -0.2) is 0 Å². The van der Waals surface area contributed by atoms with Gasteiger partial charge in [0.1, 0.15) is 0 Å². The molecule has 1 aliphatic carbocycles. The van der Waals surface area contributed by atoms with Crippen LogP contribution in [-0.4, -0.2) is 61.0 Å². The number of hydrogen-bond acceptors (Lipinski definition) is 3. The molecule has 0 bridgehead atoms. The highest BCUT2D eigenvalue weighted by molar-refractivity contribution is 5.80. The molecule has 2 saturated heterocycles. The number of nitrogens with zero attached hydrogens (tertiary/aromatic N) is 2. The van der Waals surface area contributed by atoms with Crippen molar-refractivity contribution in [1.29, 1.82) is 0 Å². The number of carbonyl (C=O) groups is 1. The number of nitrogens with one attached hydrogen (secondary N) is 1. The Hall–Kier alpha value is -0.610. The molecule has 1 amide bonds. The maximum atomic E-state index is 12.2. The summed E-state index contributed by atoms with van der Waals surface area (Å²) in [5.41, 5.74) is 0. The minimum Gasteiger partial charge on any atom is -0.331 e. The molecule has 2 aliphatic heterocycles. The number of hydrogen-bond donors (Lipinski definition) is 1. The number of carbonyl (C=O) groups excluding carboxylic acids is 1. The molecule has 1 N–H and O–H groups in total. The molecule has 2 heterocycles. The van der Waals surface area contributed by atoms with Crippen molar-refractivity contribution in [3.8, 4) is 0 Å². The minimum atomic E-state index is 0.329. The second-order valence-electron chi connectivity index (χ2n) is 6.27. The lowest BCUT2D eigenvalue weighted by Gasteiger charge is -2.51. The first-order chi connectivity index (χ1) is 8.75. The molecule has 18 heavy (non-hydrogen) atoms. The Bertz CT molecular complexity index is 314. The van der Waals surface area contributed by atoms with Crippen molar-refractivity contribution in [2.75, 3.05) is 33.2 Å². The Labute approximate surface area is 110 Å². The van der Waals surface area contributed by atoms with E-state index in [1.165, 1.54) is 32.1 Å². The molecule has 4 nitrogen and oxygen atoms in total. The summed E-state index contributed by atoms with van der Waals surface area (Å²) in [6.07, 6.45) is 6.74. The molecule has 0 aromatic heterocycles. The van der Waals surface area contributed by atoms with Gasteiger partial charge in [0, 0.05) is 25.7 Å². The molecule has 0 spiro atoms. The summed E-state index contributed by atoms with van der Waals surface area (Å²) in [6.45, 7) is 3.62. The van der Waals surface area contributed by atoms with Crippen LogP contribution in [0.3, 0.4) is 0 Å². The molecule has 3 aliphatic rings. The summed E-state index contributed by atoms with van der Waals surface area (Å²) in [5, 5.41) is 3.26. The monoisotopic (exact) mass is 251 g/mol. The summed E-state index contributed by atoms with van der Waals surface area (Å²) < 4.78 is 0. The summed E-state index contributed by atoms with van der Waals surface area (Å²) in [5.74, 6) is 1.07. The first-order valence-corrected chi connectivity index (χ1v) is 7.46. The van der Waals surface area contributed by atoms with E-state index in [-0.39, 0.29) is 0 Å². The molecule has 3 fully saturated rings. The second-order valence-corrected chi connectivity index (χ2v) is 6.27. The molecule has 1 saturated carbocycles. The van der Waals surface area contributed by atoms with Gasteiger partial charge in [-0.3, -0.25) is 4.79 Å². The van der Waals surface area contributed by atoms with Gasteiger partial charge in [-0.2, -0.15) is 0 Å². The van der Waals surface area contributed by atoms with Gasteiger partial charge in [-0.05, 0) is 25.8 Å². The quantitative estimate of drug-likeness (QED) is 0.744. The van der Waals surface area contributed by atoms with Gasteiger partial charge in [0.25, 0.3) is 0 Å². The zero-order valence-corrected chi connectivity index (χ0v) is 11.4. The summed E-state index contributed by atoms with van der Waals surface area (Å²) in [7, 11) is 2.20. The lowest BCUT2D eigenvalue weighted by atomic mass is 9.81. The maximum Gasteiger partial charge on any atom is 0.237 e. The SMILES string of the molecule is CN1CC2CNCC(=O)N2C(C2CCCCC2)C1. The van der Waals surface area contributed by atoms with E-state index in [0.29, 0.717) is 24.5 Å². The topological polar surface area (TPSA) is 35.6 Å². The predicted molar refractivity (Wildman–Crippen MR) is 71.4 cm³/mol. The fourth-order valence-electron chi connectivity index (χ4n) is 4.08. The number of likely N-dealkylation sites (N-methyl/N-ethyl adjacent to an activating group) is 1.